The maximum absolute atomic E-state index is 6.31. The highest BCUT2D eigenvalue weighted by molar-refractivity contribution is 7.00. The molecule has 0 fully saturated rings. The summed E-state index contributed by atoms with van der Waals surface area (Å²) < 4.78 is 14.5. The Morgan fingerprint density at radius 3 is 2.90 bits per heavy atom. The van der Waals surface area contributed by atoms with Crippen LogP contribution in [0.15, 0.2) is 28.7 Å². The van der Waals surface area contributed by atoms with Crippen molar-refractivity contribution in [1.29, 1.82) is 0 Å². The molecule has 0 aliphatic heterocycles. The summed E-state index contributed by atoms with van der Waals surface area (Å²) in [6, 6.07) is 7.83. The number of aromatic nitrogens is 2. The van der Waals surface area contributed by atoms with Crippen LogP contribution >= 0.6 is 23.3 Å². The van der Waals surface area contributed by atoms with Crippen LogP contribution in [0.25, 0.3) is 22.4 Å². The molecule has 1 atom stereocenters. The third-order valence-electron chi connectivity index (χ3n) is 3.35. The van der Waals surface area contributed by atoms with E-state index in [1.54, 1.807) is 0 Å². The monoisotopic (exact) mass is 307 g/mol. The fourth-order valence-electron chi connectivity index (χ4n) is 2.28. The molecule has 3 aromatic rings. The predicted molar refractivity (Wildman–Crippen MR) is 82.2 cm³/mol. The molecule has 0 saturated carbocycles. The van der Waals surface area contributed by atoms with Gasteiger partial charge < -0.3 is 9.73 Å². The van der Waals surface area contributed by atoms with E-state index in [0.29, 0.717) is 5.02 Å². The number of halogens is 1. The van der Waals surface area contributed by atoms with Crippen molar-refractivity contribution in [2.45, 2.75) is 19.4 Å². The average molecular weight is 308 g/mol. The van der Waals surface area contributed by atoms with Gasteiger partial charge in [-0.15, -0.1) is 0 Å². The molecule has 0 saturated heterocycles. The summed E-state index contributed by atoms with van der Waals surface area (Å²) in [5, 5.41) is 3.86. The molecule has 0 aliphatic rings. The summed E-state index contributed by atoms with van der Waals surface area (Å²) in [7, 11) is 1.93. The lowest BCUT2D eigenvalue weighted by atomic mass is 10.1. The Hall–Kier alpha value is -1.43. The molecule has 0 amide bonds. The number of furan rings is 1. The van der Waals surface area contributed by atoms with Crippen molar-refractivity contribution in [1.82, 2.24) is 14.1 Å². The highest BCUT2D eigenvalue weighted by atomic mass is 35.5. The van der Waals surface area contributed by atoms with Gasteiger partial charge >= 0.3 is 0 Å². The predicted octanol–water partition coefficient (Wildman–Crippen LogP) is 4.28. The van der Waals surface area contributed by atoms with Crippen LogP contribution in [0.5, 0.6) is 0 Å². The first-order valence-corrected chi connectivity index (χ1v) is 7.53. The zero-order valence-corrected chi connectivity index (χ0v) is 12.8. The van der Waals surface area contributed by atoms with E-state index in [1.807, 2.05) is 31.3 Å². The van der Waals surface area contributed by atoms with E-state index >= 15 is 0 Å². The summed E-state index contributed by atoms with van der Waals surface area (Å²) in [5.41, 5.74) is 2.45. The maximum atomic E-state index is 6.31. The second-order valence-electron chi connectivity index (χ2n) is 4.51. The van der Waals surface area contributed by atoms with Crippen LogP contribution in [0.4, 0.5) is 0 Å². The van der Waals surface area contributed by atoms with Crippen molar-refractivity contribution in [2.75, 3.05) is 7.05 Å². The minimum absolute atomic E-state index is 0.204. The quantitative estimate of drug-likeness (QED) is 0.782. The van der Waals surface area contributed by atoms with Gasteiger partial charge in [-0.05, 0) is 37.7 Å². The molecule has 0 aliphatic carbocycles. The lowest BCUT2D eigenvalue weighted by Crippen LogP contribution is -2.14. The van der Waals surface area contributed by atoms with Crippen LogP contribution in [0.2, 0.25) is 5.02 Å². The van der Waals surface area contributed by atoms with E-state index in [2.05, 4.69) is 21.0 Å². The van der Waals surface area contributed by atoms with Crippen molar-refractivity contribution in [2.24, 2.45) is 0 Å². The van der Waals surface area contributed by atoms with E-state index < -0.39 is 0 Å². The zero-order chi connectivity index (χ0) is 14.1. The van der Waals surface area contributed by atoms with Crippen LogP contribution in [0.3, 0.4) is 0 Å². The zero-order valence-electron chi connectivity index (χ0n) is 11.2. The largest absolute Gasteiger partial charge is 0.459 e. The number of rotatable bonds is 4. The van der Waals surface area contributed by atoms with Gasteiger partial charge in [-0.1, -0.05) is 18.5 Å². The van der Waals surface area contributed by atoms with Gasteiger partial charge in [0.25, 0.3) is 0 Å². The van der Waals surface area contributed by atoms with Gasteiger partial charge in [0.15, 0.2) is 0 Å². The van der Waals surface area contributed by atoms with Gasteiger partial charge in [0.05, 0.1) is 28.4 Å². The Morgan fingerprint density at radius 2 is 2.15 bits per heavy atom. The fraction of sp³-hybridized carbons (Fsp3) is 0.286. The van der Waals surface area contributed by atoms with Gasteiger partial charge in [0.2, 0.25) is 0 Å². The topological polar surface area (TPSA) is 51.0 Å². The molecule has 20 heavy (non-hydrogen) atoms. The number of benzene rings is 1. The number of hydrogen-bond acceptors (Lipinski definition) is 5. The molecule has 0 bridgehead atoms. The second-order valence-corrected chi connectivity index (χ2v) is 5.44. The number of nitrogens with zero attached hydrogens (tertiary/aromatic N) is 2. The van der Waals surface area contributed by atoms with Gasteiger partial charge in [-0.3, -0.25) is 0 Å². The minimum atomic E-state index is 0.204. The van der Waals surface area contributed by atoms with E-state index in [9.17, 15) is 0 Å². The summed E-state index contributed by atoms with van der Waals surface area (Å²) in [6.45, 7) is 2.11. The molecule has 2 heterocycles. The first-order chi connectivity index (χ1) is 9.74. The molecule has 2 aromatic heterocycles. The molecule has 0 spiro atoms. The Bertz CT molecular complexity index is 733. The Morgan fingerprint density at radius 1 is 1.30 bits per heavy atom. The first kappa shape index (κ1) is 13.5. The first-order valence-electron chi connectivity index (χ1n) is 6.42. The summed E-state index contributed by atoms with van der Waals surface area (Å²) >= 11 is 7.49. The molecule has 3 rings (SSSR count). The third kappa shape index (κ3) is 2.22. The van der Waals surface area contributed by atoms with Gasteiger partial charge in [0, 0.05) is 0 Å². The van der Waals surface area contributed by atoms with E-state index in [-0.39, 0.29) is 6.04 Å². The normalized spacial score (nSPS) is 12.9. The number of hydrogen-bond donors (Lipinski definition) is 1. The molecule has 1 unspecified atom stereocenters. The minimum Gasteiger partial charge on any atom is -0.459 e. The van der Waals surface area contributed by atoms with Crippen molar-refractivity contribution >= 4 is 34.4 Å². The highest BCUT2D eigenvalue weighted by Gasteiger charge is 2.17. The standard InChI is InChI=1S/C14H14ClN3OS/c1-3-9(16-2)11-6-7-12(19-11)13-8(15)4-5-10-14(13)18-20-17-10/h4-7,9,16H,3H2,1-2H3. The Labute approximate surface area is 126 Å². The van der Waals surface area contributed by atoms with Crippen LogP contribution in [0, 0.1) is 0 Å². The van der Waals surface area contributed by atoms with Gasteiger partial charge in [-0.2, -0.15) is 8.75 Å². The van der Waals surface area contributed by atoms with E-state index in [4.69, 9.17) is 16.0 Å². The lowest BCUT2D eigenvalue weighted by Gasteiger charge is -2.10. The highest BCUT2D eigenvalue weighted by Crippen LogP contribution is 2.36. The summed E-state index contributed by atoms with van der Waals surface area (Å²) in [4.78, 5) is 0. The Balaban J connectivity index is 2.11. The van der Waals surface area contributed by atoms with Gasteiger partial charge in [-0.25, -0.2) is 0 Å². The van der Waals surface area contributed by atoms with Crippen LogP contribution in [0.1, 0.15) is 25.1 Å². The average Bonchev–Trinajstić information content (AvgIpc) is 3.09. The molecule has 1 N–H and O–H groups in total. The second kappa shape index (κ2) is 5.52. The van der Waals surface area contributed by atoms with E-state index in [1.165, 1.54) is 11.7 Å². The smallest absolute Gasteiger partial charge is 0.138 e. The molecule has 104 valence electrons. The van der Waals surface area contributed by atoms with Crippen LogP contribution in [-0.4, -0.2) is 15.8 Å². The van der Waals surface area contributed by atoms with E-state index in [0.717, 1.165) is 34.5 Å². The summed E-state index contributed by atoms with van der Waals surface area (Å²) in [5.74, 6) is 1.64. The molecule has 0 radical (unpaired) electrons. The number of fused-ring (bicyclic) bond motifs is 1. The fourth-order valence-corrected chi connectivity index (χ4v) is 3.07. The van der Waals surface area contributed by atoms with Crippen LogP contribution in [-0.2, 0) is 0 Å². The van der Waals surface area contributed by atoms with Crippen molar-refractivity contribution < 1.29 is 4.42 Å². The van der Waals surface area contributed by atoms with Crippen LogP contribution < -0.4 is 5.32 Å². The SMILES string of the molecule is CCC(NC)c1ccc(-c2c(Cl)ccc3nsnc23)o1. The number of nitrogens with one attached hydrogen (secondary N) is 1. The lowest BCUT2D eigenvalue weighted by molar-refractivity contribution is 0.431. The molecule has 6 heteroatoms. The molecule has 1 aromatic carbocycles. The van der Waals surface area contributed by atoms with Crippen molar-refractivity contribution in [3.8, 4) is 11.3 Å². The molecular formula is C14H14ClN3OS. The Kier molecular flexibility index (Phi) is 3.74. The molecular weight excluding hydrogens is 294 g/mol. The van der Waals surface area contributed by atoms with Crippen molar-refractivity contribution in [3.63, 3.8) is 0 Å². The maximum Gasteiger partial charge on any atom is 0.138 e. The van der Waals surface area contributed by atoms with Gasteiger partial charge in [0.1, 0.15) is 22.6 Å². The van der Waals surface area contributed by atoms with Crippen molar-refractivity contribution in [3.05, 3.63) is 35.0 Å². The molecule has 4 nitrogen and oxygen atoms in total. The third-order valence-corrected chi connectivity index (χ3v) is 4.21. The summed E-state index contributed by atoms with van der Waals surface area (Å²) in [6.07, 6.45) is 0.958.